The molecule has 0 atom stereocenters. The van der Waals surface area contributed by atoms with Crippen LogP contribution in [0.1, 0.15) is 24.5 Å². The van der Waals surface area contributed by atoms with Gasteiger partial charge in [-0.25, -0.2) is 4.98 Å². The summed E-state index contributed by atoms with van der Waals surface area (Å²) in [5, 5.41) is 3.56. The maximum absolute atomic E-state index is 5.85. The van der Waals surface area contributed by atoms with Crippen molar-refractivity contribution in [2.24, 2.45) is 0 Å². The number of nitrogen functional groups attached to an aromatic ring is 1. The van der Waals surface area contributed by atoms with E-state index in [9.17, 15) is 0 Å². The van der Waals surface area contributed by atoms with E-state index >= 15 is 0 Å². The highest BCUT2D eigenvalue weighted by atomic mass is 32.1. The Morgan fingerprint density at radius 1 is 1.05 bits per heavy atom. The summed E-state index contributed by atoms with van der Waals surface area (Å²) in [6, 6.07) is 12.6. The van der Waals surface area contributed by atoms with Crippen LogP contribution >= 0.6 is 11.3 Å². The number of pyridine rings is 1. The van der Waals surface area contributed by atoms with E-state index in [0.29, 0.717) is 11.7 Å². The fourth-order valence-electron chi connectivity index (χ4n) is 2.57. The first-order valence-electron chi connectivity index (χ1n) is 6.56. The van der Waals surface area contributed by atoms with Crippen LogP contribution in [0.25, 0.3) is 21.2 Å². The molecule has 19 heavy (non-hydrogen) atoms. The van der Waals surface area contributed by atoms with Crippen LogP contribution in [0.5, 0.6) is 0 Å². The number of aromatic nitrogens is 1. The van der Waals surface area contributed by atoms with Gasteiger partial charge in [-0.3, -0.25) is 0 Å². The average molecular weight is 266 g/mol. The zero-order valence-corrected chi connectivity index (χ0v) is 11.3. The molecule has 2 aromatic heterocycles. The monoisotopic (exact) mass is 266 g/mol. The molecule has 0 unspecified atom stereocenters. The average Bonchev–Trinajstić information content (AvgIpc) is 3.19. The van der Waals surface area contributed by atoms with E-state index in [1.54, 1.807) is 11.3 Å². The molecule has 1 aliphatic rings. The lowest BCUT2D eigenvalue weighted by atomic mass is 10.0. The van der Waals surface area contributed by atoms with Gasteiger partial charge < -0.3 is 5.73 Å². The third-order valence-corrected chi connectivity index (χ3v) is 4.64. The van der Waals surface area contributed by atoms with Crippen molar-refractivity contribution < 1.29 is 0 Å². The minimum Gasteiger partial charge on any atom is -0.384 e. The number of anilines is 1. The zero-order valence-electron chi connectivity index (χ0n) is 10.5. The SMILES string of the molecule is Nc1ccc(-c2csc3ccccc23)c(C2CC2)n1. The summed E-state index contributed by atoms with van der Waals surface area (Å²) in [7, 11) is 0. The third kappa shape index (κ3) is 1.81. The van der Waals surface area contributed by atoms with Gasteiger partial charge in [-0.1, -0.05) is 18.2 Å². The van der Waals surface area contributed by atoms with Crippen LogP contribution in [0.3, 0.4) is 0 Å². The lowest BCUT2D eigenvalue weighted by Crippen LogP contribution is -1.96. The molecule has 0 spiro atoms. The van der Waals surface area contributed by atoms with Gasteiger partial charge in [0.2, 0.25) is 0 Å². The number of nitrogens with zero attached hydrogens (tertiary/aromatic N) is 1. The summed E-state index contributed by atoms with van der Waals surface area (Å²) in [6.07, 6.45) is 2.48. The van der Waals surface area contributed by atoms with Crippen molar-refractivity contribution in [3.63, 3.8) is 0 Å². The van der Waals surface area contributed by atoms with E-state index in [-0.39, 0.29) is 0 Å². The number of hydrogen-bond acceptors (Lipinski definition) is 3. The van der Waals surface area contributed by atoms with E-state index in [1.807, 2.05) is 6.07 Å². The standard InChI is InChI=1S/C16H14N2S/c17-15-8-7-12(16(18-15)10-5-6-10)13-9-19-14-4-2-1-3-11(13)14/h1-4,7-10H,5-6H2,(H2,17,18). The second-order valence-corrected chi connectivity index (χ2v) is 6.00. The minimum atomic E-state index is 0.608. The second-order valence-electron chi connectivity index (χ2n) is 5.09. The fourth-order valence-corrected chi connectivity index (χ4v) is 3.53. The summed E-state index contributed by atoms with van der Waals surface area (Å²) in [5.41, 5.74) is 9.59. The molecule has 0 bridgehead atoms. The van der Waals surface area contributed by atoms with Gasteiger partial charge in [0, 0.05) is 27.1 Å². The molecule has 0 radical (unpaired) electrons. The van der Waals surface area contributed by atoms with Crippen LogP contribution in [0.15, 0.2) is 41.8 Å². The van der Waals surface area contributed by atoms with Crippen LogP contribution in [-0.2, 0) is 0 Å². The van der Waals surface area contributed by atoms with Crippen LogP contribution in [0.4, 0.5) is 5.82 Å². The Morgan fingerprint density at radius 3 is 2.74 bits per heavy atom. The van der Waals surface area contributed by atoms with Gasteiger partial charge in [0.15, 0.2) is 0 Å². The highest BCUT2D eigenvalue weighted by Gasteiger charge is 2.28. The largest absolute Gasteiger partial charge is 0.384 e. The topological polar surface area (TPSA) is 38.9 Å². The molecule has 0 saturated heterocycles. The molecular weight excluding hydrogens is 252 g/mol. The van der Waals surface area contributed by atoms with Crippen molar-refractivity contribution in [2.45, 2.75) is 18.8 Å². The Morgan fingerprint density at radius 2 is 1.89 bits per heavy atom. The van der Waals surface area contributed by atoms with Crippen LogP contribution in [0.2, 0.25) is 0 Å². The summed E-state index contributed by atoms with van der Waals surface area (Å²) in [5.74, 6) is 1.24. The van der Waals surface area contributed by atoms with Crippen molar-refractivity contribution in [3.05, 3.63) is 47.5 Å². The Balaban J connectivity index is 1.97. The molecule has 1 fully saturated rings. The van der Waals surface area contributed by atoms with Gasteiger partial charge >= 0.3 is 0 Å². The van der Waals surface area contributed by atoms with Crippen molar-refractivity contribution >= 4 is 27.2 Å². The molecule has 2 nitrogen and oxygen atoms in total. The van der Waals surface area contributed by atoms with Crippen LogP contribution in [0, 0.1) is 0 Å². The Labute approximate surface area is 115 Å². The molecule has 1 aliphatic carbocycles. The molecule has 1 aromatic carbocycles. The van der Waals surface area contributed by atoms with Gasteiger partial charge in [0.05, 0.1) is 5.69 Å². The number of hydrogen-bond donors (Lipinski definition) is 1. The van der Waals surface area contributed by atoms with E-state index in [0.717, 1.165) is 0 Å². The summed E-state index contributed by atoms with van der Waals surface area (Å²) in [6.45, 7) is 0. The van der Waals surface area contributed by atoms with E-state index in [2.05, 4.69) is 40.7 Å². The van der Waals surface area contributed by atoms with Gasteiger partial charge in [0.1, 0.15) is 5.82 Å². The first kappa shape index (κ1) is 11.0. The Kier molecular flexibility index (Phi) is 2.35. The van der Waals surface area contributed by atoms with Crippen molar-refractivity contribution in [2.75, 3.05) is 5.73 Å². The number of rotatable bonds is 2. The predicted octanol–water partition coefficient (Wildman–Crippen LogP) is 4.42. The molecule has 1 saturated carbocycles. The molecule has 2 N–H and O–H groups in total. The highest BCUT2D eigenvalue weighted by molar-refractivity contribution is 7.17. The molecule has 3 heteroatoms. The lowest BCUT2D eigenvalue weighted by molar-refractivity contribution is 1.03. The van der Waals surface area contributed by atoms with Crippen molar-refractivity contribution in [1.82, 2.24) is 4.98 Å². The number of benzene rings is 1. The van der Waals surface area contributed by atoms with E-state index in [1.165, 1.54) is 39.7 Å². The van der Waals surface area contributed by atoms with E-state index in [4.69, 9.17) is 5.73 Å². The quantitative estimate of drug-likeness (QED) is 0.745. The molecule has 3 aromatic rings. The van der Waals surface area contributed by atoms with Crippen LogP contribution in [-0.4, -0.2) is 4.98 Å². The smallest absolute Gasteiger partial charge is 0.123 e. The molecule has 0 amide bonds. The van der Waals surface area contributed by atoms with Gasteiger partial charge in [0.25, 0.3) is 0 Å². The van der Waals surface area contributed by atoms with Crippen molar-refractivity contribution in [3.8, 4) is 11.1 Å². The molecule has 94 valence electrons. The second kappa shape index (κ2) is 4.07. The first-order chi connectivity index (χ1) is 9.33. The predicted molar refractivity (Wildman–Crippen MR) is 81.4 cm³/mol. The van der Waals surface area contributed by atoms with Gasteiger partial charge in [-0.2, -0.15) is 0 Å². The van der Waals surface area contributed by atoms with Gasteiger partial charge in [-0.15, -0.1) is 11.3 Å². The Hall–Kier alpha value is -1.87. The zero-order chi connectivity index (χ0) is 12.8. The maximum Gasteiger partial charge on any atom is 0.123 e. The highest BCUT2D eigenvalue weighted by Crippen LogP contribution is 2.45. The number of fused-ring (bicyclic) bond motifs is 1. The maximum atomic E-state index is 5.85. The fraction of sp³-hybridized carbons (Fsp3) is 0.188. The van der Waals surface area contributed by atoms with Gasteiger partial charge in [-0.05, 0) is 36.4 Å². The minimum absolute atomic E-state index is 0.608. The molecule has 4 rings (SSSR count). The molecule has 0 aliphatic heterocycles. The third-order valence-electron chi connectivity index (χ3n) is 3.68. The summed E-state index contributed by atoms with van der Waals surface area (Å²) < 4.78 is 1.33. The summed E-state index contributed by atoms with van der Waals surface area (Å²) in [4.78, 5) is 4.58. The number of nitrogens with two attached hydrogens (primary N) is 1. The van der Waals surface area contributed by atoms with Crippen molar-refractivity contribution in [1.29, 1.82) is 0 Å². The van der Waals surface area contributed by atoms with Crippen LogP contribution < -0.4 is 5.73 Å². The summed E-state index contributed by atoms with van der Waals surface area (Å²) >= 11 is 1.79. The first-order valence-corrected chi connectivity index (χ1v) is 7.44. The Bertz CT molecular complexity index is 756. The lowest BCUT2D eigenvalue weighted by Gasteiger charge is -2.08. The normalized spacial score (nSPS) is 14.9. The number of thiophene rings is 1. The van der Waals surface area contributed by atoms with E-state index < -0.39 is 0 Å². The molecule has 2 heterocycles. The molecular formula is C16H14N2S.